The molecular weight excluding hydrogens is 203 g/mol. The van der Waals surface area contributed by atoms with Gasteiger partial charge in [0.1, 0.15) is 0 Å². The molecule has 0 aromatic heterocycles. The highest BCUT2D eigenvalue weighted by molar-refractivity contribution is 4.77. The topological polar surface area (TPSA) is 12.0 Å². The van der Waals surface area contributed by atoms with E-state index in [1.165, 1.54) is 12.8 Å². The van der Waals surface area contributed by atoms with Gasteiger partial charge in [0.15, 0.2) is 0 Å². The fourth-order valence-electron chi connectivity index (χ4n) is 2.46. The van der Waals surface area contributed by atoms with Crippen LogP contribution in [-0.4, -0.2) is 18.8 Å². The second kappa shape index (κ2) is 5.73. The van der Waals surface area contributed by atoms with E-state index in [1.54, 1.807) is 0 Å². The van der Waals surface area contributed by atoms with E-state index in [0.29, 0.717) is 18.9 Å². The lowest BCUT2D eigenvalue weighted by atomic mass is 9.96. The van der Waals surface area contributed by atoms with Gasteiger partial charge in [-0.2, -0.15) is 13.2 Å². The Morgan fingerprint density at radius 2 is 1.87 bits per heavy atom. The van der Waals surface area contributed by atoms with Crippen LogP contribution >= 0.6 is 0 Å². The Bertz CT molecular complexity index is 173. The van der Waals surface area contributed by atoms with Gasteiger partial charge in [-0.3, -0.25) is 0 Å². The normalized spacial score (nSPS) is 20.8. The van der Waals surface area contributed by atoms with Crippen LogP contribution in [0.15, 0.2) is 0 Å². The summed E-state index contributed by atoms with van der Waals surface area (Å²) in [6, 6.07) is -0.377. The molecule has 1 rings (SSSR count). The van der Waals surface area contributed by atoms with Crippen molar-refractivity contribution in [3.8, 4) is 0 Å². The zero-order chi connectivity index (χ0) is 11.3. The zero-order valence-electron chi connectivity index (χ0n) is 9.24. The van der Waals surface area contributed by atoms with Crippen molar-refractivity contribution in [2.24, 2.45) is 5.92 Å². The van der Waals surface area contributed by atoms with Crippen LogP contribution in [0.4, 0.5) is 13.2 Å². The first-order chi connectivity index (χ1) is 7.01. The minimum atomic E-state index is -4.04. The van der Waals surface area contributed by atoms with E-state index >= 15 is 0 Å². The first-order valence-corrected chi connectivity index (χ1v) is 5.81. The number of halogens is 3. The number of hydrogen-bond acceptors (Lipinski definition) is 1. The van der Waals surface area contributed by atoms with Crippen molar-refractivity contribution < 1.29 is 13.2 Å². The predicted molar refractivity (Wildman–Crippen MR) is 54.7 cm³/mol. The molecular formula is C11H20F3N. The summed E-state index contributed by atoms with van der Waals surface area (Å²) >= 11 is 0. The van der Waals surface area contributed by atoms with Crippen LogP contribution in [0, 0.1) is 5.92 Å². The molecule has 0 radical (unpaired) electrons. The van der Waals surface area contributed by atoms with Gasteiger partial charge in [0, 0.05) is 6.04 Å². The Labute approximate surface area is 89.4 Å². The van der Waals surface area contributed by atoms with Crippen LogP contribution in [0.2, 0.25) is 0 Å². The molecule has 0 heterocycles. The molecule has 1 aliphatic carbocycles. The second-order valence-electron chi connectivity index (χ2n) is 4.46. The largest absolute Gasteiger partial charge is 0.390 e. The fraction of sp³-hybridized carbons (Fsp3) is 1.00. The molecule has 15 heavy (non-hydrogen) atoms. The number of alkyl halides is 3. The molecule has 1 N–H and O–H groups in total. The third-order valence-corrected chi connectivity index (χ3v) is 3.06. The summed E-state index contributed by atoms with van der Waals surface area (Å²) in [5, 5.41) is 2.95. The van der Waals surface area contributed by atoms with Crippen molar-refractivity contribution in [3.05, 3.63) is 0 Å². The molecule has 0 amide bonds. The van der Waals surface area contributed by atoms with Crippen LogP contribution in [0.3, 0.4) is 0 Å². The molecule has 1 atom stereocenters. The summed E-state index contributed by atoms with van der Waals surface area (Å²) in [7, 11) is 0. The van der Waals surface area contributed by atoms with E-state index in [2.05, 4.69) is 5.32 Å². The predicted octanol–water partition coefficient (Wildman–Crippen LogP) is 3.50. The van der Waals surface area contributed by atoms with Crippen molar-refractivity contribution in [1.29, 1.82) is 0 Å². The Morgan fingerprint density at radius 3 is 2.33 bits per heavy atom. The van der Waals surface area contributed by atoms with E-state index in [4.69, 9.17) is 0 Å². The zero-order valence-corrected chi connectivity index (χ0v) is 9.24. The van der Waals surface area contributed by atoms with Crippen molar-refractivity contribution in [3.63, 3.8) is 0 Å². The lowest BCUT2D eigenvalue weighted by Crippen LogP contribution is -2.35. The molecule has 0 aromatic carbocycles. The van der Waals surface area contributed by atoms with E-state index in [-0.39, 0.29) is 6.04 Å². The van der Waals surface area contributed by atoms with Gasteiger partial charge >= 0.3 is 6.18 Å². The van der Waals surface area contributed by atoms with Crippen LogP contribution in [0.5, 0.6) is 0 Å². The summed E-state index contributed by atoms with van der Waals surface area (Å²) in [6.45, 7) is 2.48. The van der Waals surface area contributed by atoms with Gasteiger partial charge in [-0.15, -0.1) is 0 Å². The van der Waals surface area contributed by atoms with Gasteiger partial charge < -0.3 is 5.32 Å². The summed E-state index contributed by atoms with van der Waals surface area (Å²) in [5.74, 6) is 0.511. The first-order valence-electron chi connectivity index (χ1n) is 5.81. The van der Waals surface area contributed by atoms with Crippen molar-refractivity contribution in [2.45, 2.75) is 57.7 Å². The van der Waals surface area contributed by atoms with Gasteiger partial charge in [0.25, 0.3) is 0 Å². The average molecular weight is 223 g/mol. The number of nitrogens with one attached hydrogen (secondary N) is 1. The van der Waals surface area contributed by atoms with Crippen LogP contribution in [0.25, 0.3) is 0 Å². The fourth-order valence-corrected chi connectivity index (χ4v) is 2.46. The first kappa shape index (κ1) is 12.8. The molecule has 0 spiro atoms. The molecule has 90 valence electrons. The molecule has 0 saturated heterocycles. The maximum absolute atomic E-state index is 12.3. The highest BCUT2D eigenvalue weighted by Gasteiger charge is 2.32. The molecule has 0 aliphatic heterocycles. The quantitative estimate of drug-likeness (QED) is 0.752. The lowest BCUT2D eigenvalue weighted by molar-refractivity contribution is -0.140. The highest BCUT2D eigenvalue weighted by atomic mass is 19.4. The Hall–Kier alpha value is -0.250. The molecule has 1 unspecified atom stereocenters. The van der Waals surface area contributed by atoms with E-state index in [0.717, 1.165) is 12.8 Å². The maximum Gasteiger partial charge on any atom is 0.390 e. The summed E-state index contributed by atoms with van der Waals surface area (Å²) in [6.07, 6.45) is 0.570. The van der Waals surface area contributed by atoms with Gasteiger partial charge in [0.05, 0.1) is 6.42 Å². The third kappa shape index (κ3) is 5.40. The molecule has 1 aliphatic rings. The Kier molecular flexibility index (Phi) is 4.90. The number of rotatable bonds is 5. The average Bonchev–Trinajstić information content (AvgIpc) is 2.54. The molecule has 0 aromatic rings. The lowest BCUT2D eigenvalue weighted by Gasteiger charge is -2.22. The van der Waals surface area contributed by atoms with E-state index < -0.39 is 12.6 Å². The SMILES string of the molecule is CCNC(CC1CCCC1)CC(F)(F)F. The van der Waals surface area contributed by atoms with Crippen molar-refractivity contribution in [2.75, 3.05) is 6.54 Å². The highest BCUT2D eigenvalue weighted by Crippen LogP contribution is 2.31. The standard InChI is InChI=1S/C11H20F3N/c1-2-15-10(8-11(12,13)14)7-9-5-3-4-6-9/h9-10,15H,2-8H2,1H3. The summed E-state index contributed by atoms with van der Waals surface area (Å²) < 4.78 is 36.8. The van der Waals surface area contributed by atoms with Crippen molar-refractivity contribution >= 4 is 0 Å². The minimum absolute atomic E-state index is 0.377. The second-order valence-corrected chi connectivity index (χ2v) is 4.46. The van der Waals surface area contributed by atoms with Gasteiger partial charge in [-0.25, -0.2) is 0 Å². The number of hydrogen-bond donors (Lipinski definition) is 1. The Morgan fingerprint density at radius 1 is 1.27 bits per heavy atom. The van der Waals surface area contributed by atoms with Crippen LogP contribution in [0.1, 0.15) is 45.4 Å². The van der Waals surface area contributed by atoms with Crippen LogP contribution < -0.4 is 5.32 Å². The molecule has 1 fully saturated rings. The monoisotopic (exact) mass is 223 g/mol. The van der Waals surface area contributed by atoms with Crippen LogP contribution in [-0.2, 0) is 0 Å². The third-order valence-electron chi connectivity index (χ3n) is 3.06. The van der Waals surface area contributed by atoms with Gasteiger partial charge in [0.2, 0.25) is 0 Å². The minimum Gasteiger partial charge on any atom is -0.314 e. The smallest absolute Gasteiger partial charge is 0.314 e. The Balaban J connectivity index is 2.35. The molecule has 0 bridgehead atoms. The van der Waals surface area contributed by atoms with Crippen molar-refractivity contribution in [1.82, 2.24) is 5.32 Å². The maximum atomic E-state index is 12.3. The summed E-state index contributed by atoms with van der Waals surface area (Å²) in [4.78, 5) is 0. The van der Waals surface area contributed by atoms with Gasteiger partial charge in [-0.1, -0.05) is 32.6 Å². The van der Waals surface area contributed by atoms with E-state index in [1.807, 2.05) is 6.92 Å². The summed E-state index contributed by atoms with van der Waals surface area (Å²) in [5.41, 5.74) is 0. The molecule has 1 nitrogen and oxygen atoms in total. The molecule has 4 heteroatoms. The van der Waals surface area contributed by atoms with Gasteiger partial charge in [-0.05, 0) is 18.9 Å². The molecule has 1 saturated carbocycles. The van der Waals surface area contributed by atoms with E-state index in [9.17, 15) is 13.2 Å².